The molecule has 3 nitrogen and oxygen atoms in total. The Labute approximate surface area is 139 Å². The Bertz CT molecular complexity index is 1000. The van der Waals surface area contributed by atoms with E-state index in [1.165, 1.54) is 10.9 Å². The van der Waals surface area contributed by atoms with Gasteiger partial charge >= 0.3 is 5.97 Å². The second-order valence-corrected chi connectivity index (χ2v) is 5.85. The highest BCUT2D eigenvalue weighted by Crippen LogP contribution is 2.29. The highest BCUT2D eigenvalue weighted by Gasteiger charge is 2.22. The lowest BCUT2D eigenvalue weighted by Crippen LogP contribution is -1.97. The Balaban J connectivity index is 1.72. The molecule has 1 aromatic heterocycles. The van der Waals surface area contributed by atoms with Gasteiger partial charge in [0.2, 0.25) is 0 Å². The van der Waals surface area contributed by atoms with Gasteiger partial charge in [-0.25, -0.2) is 4.79 Å². The van der Waals surface area contributed by atoms with E-state index >= 15 is 0 Å². The van der Waals surface area contributed by atoms with E-state index in [1.807, 2.05) is 24.3 Å². The molecule has 0 saturated carbocycles. The molecule has 24 heavy (non-hydrogen) atoms. The standard InChI is InChI=1S/C21H15NO2/c1-14-4-5-17-11-18(7-6-16(17)9-14)20-12-19(21(23)24-20)10-15-3-2-8-22-13-15/h2-13H,1H3. The number of cyclic esters (lactones) is 1. The summed E-state index contributed by atoms with van der Waals surface area (Å²) in [6.45, 7) is 2.07. The van der Waals surface area contributed by atoms with Crippen molar-refractivity contribution in [3.05, 3.63) is 89.3 Å². The van der Waals surface area contributed by atoms with Crippen molar-refractivity contribution >= 4 is 28.6 Å². The summed E-state index contributed by atoms with van der Waals surface area (Å²) in [6, 6.07) is 16.1. The molecular formula is C21H15NO2. The average Bonchev–Trinajstić information content (AvgIpc) is 2.96. The van der Waals surface area contributed by atoms with Crippen LogP contribution in [0.4, 0.5) is 0 Å². The number of rotatable bonds is 2. The van der Waals surface area contributed by atoms with Crippen molar-refractivity contribution in [3.8, 4) is 0 Å². The summed E-state index contributed by atoms with van der Waals surface area (Å²) in [5.41, 5.74) is 3.52. The van der Waals surface area contributed by atoms with Crippen LogP contribution in [0.25, 0.3) is 22.6 Å². The number of benzene rings is 2. The molecule has 2 aromatic carbocycles. The Kier molecular flexibility index (Phi) is 3.47. The van der Waals surface area contributed by atoms with Crippen LogP contribution < -0.4 is 0 Å². The lowest BCUT2D eigenvalue weighted by molar-refractivity contribution is -0.130. The quantitative estimate of drug-likeness (QED) is 0.515. The first-order valence-corrected chi connectivity index (χ1v) is 7.75. The van der Waals surface area contributed by atoms with Crippen molar-refractivity contribution in [3.63, 3.8) is 0 Å². The first-order valence-electron chi connectivity index (χ1n) is 7.75. The van der Waals surface area contributed by atoms with Crippen LogP contribution in [0, 0.1) is 6.92 Å². The first-order chi connectivity index (χ1) is 11.7. The molecule has 0 saturated heterocycles. The molecule has 1 aliphatic heterocycles. The zero-order valence-corrected chi connectivity index (χ0v) is 13.2. The minimum atomic E-state index is -0.335. The van der Waals surface area contributed by atoms with Gasteiger partial charge in [0.05, 0.1) is 5.57 Å². The second kappa shape index (κ2) is 5.78. The molecule has 2 heterocycles. The third-order valence-corrected chi connectivity index (χ3v) is 4.01. The van der Waals surface area contributed by atoms with E-state index in [0.717, 1.165) is 16.5 Å². The molecule has 0 radical (unpaired) electrons. The largest absolute Gasteiger partial charge is 0.422 e. The Morgan fingerprint density at radius 1 is 1.04 bits per heavy atom. The minimum Gasteiger partial charge on any atom is -0.422 e. The molecule has 0 amide bonds. The van der Waals surface area contributed by atoms with Crippen LogP contribution >= 0.6 is 0 Å². The van der Waals surface area contributed by atoms with Crippen molar-refractivity contribution in [2.75, 3.05) is 0 Å². The molecule has 4 rings (SSSR count). The van der Waals surface area contributed by atoms with Crippen molar-refractivity contribution in [1.82, 2.24) is 4.98 Å². The third-order valence-electron chi connectivity index (χ3n) is 4.01. The maximum Gasteiger partial charge on any atom is 0.343 e. The van der Waals surface area contributed by atoms with Gasteiger partial charge in [0, 0.05) is 18.0 Å². The summed E-state index contributed by atoms with van der Waals surface area (Å²) in [5.74, 6) is 0.246. The number of fused-ring (bicyclic) bond motifs is 1. The monoisotopic (exact) mass is 313 g/mol. The molecule has 0 fully saturated rings. The SMILES string of the molecule is Cc1ccc2cc(C3=CC(=Cc4cccnc4)C(=O)O3)ccc2c1. The number of esters is 1. The fraction of sp³-hybridized carbons (Fsp3) is 0.0476. The van der Waals surface area contributed by atoms with Crippen molar-refractivity contribution in [2.24, 2.45) is 0 Å². The third kappa shape index (κ3) is 2.72. The van der Waals surface area contributed by atoms with E-state index in [0.29, 0.717) is 11.3 Å². The summed E-state index contributed by atoms with van der Waals surface area (Å²) >= 11 is 0. The fourth-order valence-corrected chi connectivity index (χ4v) is 2.79. The zero-order valence-electron chi connectivity index (χ0n) is 13.2. The highest BCUT2D eigenvalue weighted by atomic mass is 16.5. The second-order valence-electron chi connectivity index (χ2n) is 5.85. The minimum absolute atomic E-state index is 0.335. The van der Waals surface area contributed by atoms with Crippen LogP contribution in [0.1, 0.15) is 16.7 Å². The molecule has 0 unspecified atom stereocenters. The Hall–Kier alpha value is -3.20. The molecule has 3 aromatic rings. The lowest BCUT2D eigenvalue weighted by atomic mass is 10.0. The van der Waals surface area contributed by atoms with E-state index in [2.05, 4.69) is 36.2 Å². The van der Waals surface area contributed by atoms with Gasteiger partial charge in [0.15, 0.2) is 0 Å². The average molecular weight is 313 g/mol. The van der Waals surface area contributed by atoms with Gasteiger partial charge in [-0.2, -0.15) is 0 Å². The van der Waals surface area contributed by atoms with Gasteiger partial charge in [0.1, 0.15) is 5.76 Å². The van der Waals surface area contributed by atoms with E-state index in [-0.39, 0.29) is 5.97 Å². The van der Waals surface area contributed by atoms with E-state index in [4.69, 9.17) is 4.74 Å². The number of nitrogens with zero attached hydrogens (tertiary/aromatic N) is 1. The number of carbonyl (C=O) groups excluding carboxylic acids is 1. The highest BCUT2D eigenvalue weighted by molar-refractivity contribution is 6.05. The normalized spacial score (nSPS) is 15.6. The van der Waals surface area contributed by atoms with E-state index in [1.54, 1.807) is 24.5 Å². The molecule has 0 aliphatic carbocycles. The number of hydrogen-bond donors (Lipinski definition) is 0. The van der Waals surface area contributed by atoms with Crippen LogP contribution in [0.15, 0.2) is 72.6 Å². The summed E-state index contributed by atoms with van der Waals surface area (Å²) in [6.07, 6.45) is 6.98. The topological polar surface area (TPSA) is 39.2 Å². The van der Waals surface area contributed by atoms with Gasteiger partial charge in [-0.15, -0.1) is 0 Å². The van der Waals surface area contributed by atoms with Crippen molar-refractivity contribution in [2.45, 2.75) is 6.92 Å². The Morgan fingerprint density at radius 2 is 1.88 bits per heavy atom. The maximum atomic E-state index is 12.1. The maximum absolute atomic E-state index is 12.1. The van der Waals surface area contributed by atoms with Crippen molar-refractivity contribution in [1.29, 1.82) is 0 Å². The van der Waals surface area contributed by atoms with Crippen LogP contribution in [-0.4, -0.2) is 11.0 Å². The number of aryl methyl sites for hydroxylation is 1. The van der Waals surface area contributed by atoms with Gasteiger partial charge in [-0.1, -0.05) is 42.0 Å². The zero-order chi connectivity index (χ0) is 16.5. The number of hydrogen-bond acceptors (Lipinski definition) is 3. The molecule has 0 N–H and O–H groups in total. The summed E-state index contributed by atoms with van der Waals surface area (Å²) in [5, 5.41) is 2.30. The fourth-order valence-electron chi connectivity index (χ4n) is 2.79. The predicted octanol–water partition coefficient (Wildman–Crippen LogP) is 4.52. The molecule has 0 bridgehead atoms. The predicted molar refractivity (Wildman–Crippen MR) is 95.0 cm³/mol. The molecule has 116 valence electrons. The van der Waals surface area contributed by atoms with Gasteiger partial charge in [-0.3, -0.25) is 4.98 Å². The summed E-state index contributed by atoms with van der Waals surface area (Å²) < 4.78 is 5.44. The molecule has 0 spiro atoms. The van der Waals surface area contributed by atoms with Gasteiger partial charge in [-0.05, 0) is 47.5 Å². The van der Waals surface area contributed by atoms with E-state index < -0.39 is 0 Å². The van der Waals surface area contributed by atoms with Crippen LogP contribution in [0.5, 0.6) is 0 Å². The van der Waals surface area contributed by atoms with Crippen LogP contribution in [-0.2, 0) is 9.53 Å². The number of pyridine rings is 1. The number of aromatic nitrogens is 1. The lowest BCUT2D eigenvalue weighted by Gasteiger charge is -2.05. The molecule has 0 atom stereocenters. The first kappa shape index (κ1) is 14.4. The van der Waals surface area contributed by atoms with Crippen LogP contribution in [0.2, 0.25) is 0 Å². The number of ether oxygens (including phenoxy) is 1. The molecule has 3 heteroatoms. The molecular weight excluding hydrogens is 298 g/mol. The van der Waals surface area contributed by atoms with Crippen LogP contribution in [0.3, 0.4) is 0 Å². The smallest absolute Gasteiger partial charge is 0.343 e. The van der Waals surface area contributed by atoms with E-state index in [9.17, 15) is 4.79 Å². The van der Waals surface area contributed by atoms with Gasteiger partial charge < -0.3 is 4.74 Å². The van der Waals surface area contributed by atoms with Crippen molar-refractivity contribution < 1.29 is 9.53 Å². The molecule has 1 aliphatic rings. The van der Waals surface area contributed by atoms with Gasteiger partial charge in [0.25, 0.3) is 0 Å². The Morgan fingerprint density at radius 3 is 2.71 bits per heavy atom. The summed E-state index contributed by atoms with van der Waals surface area (Å²) in [7, 11) is 0. The summed E-state index contributed by atoms with van der Waals surface area (Å²) in [4.78, 5) is 16.2. The number of carbonyl (C=O) groups is 1.